The monoisotopic (exact) mass is 177 g/mol. The molecule has 1 aromatic rings. The van der Waals surface area contributed by atoms with Crippen molar-refractivity contribution in [2.75, 3.05) is 0 Å². The first-order valence-corrected chi connectivity index (χ1v) is 4.27. The van der Waals surface area contributed by atoms with Gasteiger partial charge < -0.3 is 0 Å². The normalized spacial score (nSPS) is 12.5. The van der Waals surface area contributed by atoms with Gasteiger partial charge >= 0.3 is 0 Å². The van der Waals surface area contributed by atoms with Gasteiger partial charge in [0.2, 0.25) is 0 Å². The van der Waals surface area contributed by atoms with Gasteiger partial charge in [-0.15, -0.1) is 6.58 Å². The minimum absolute atomic E-state index is 0.117. The first-order chi connectivity index (χ1) is 6.29. The largest absolute Gasteiger partial charge is 0.271 e. The minimum Gasteiger partial charge on any atom is -0.271 e. The summed E-state index contributed by atoms with van der Waals surface area (Å²) in [4.78, 5) is 4.07. The Morgan fingerprint density at radius 2 is 2.54 bits per heavy atom. The van der Waals surface area contributed by atoms with Crippen LogP contribution < -0.4 is 11.3 Å². The highest BCUT2D eigenvalue weighted by Gasteiger charge is 2.09. The van der Waals surface area contributed by atoms with Gasteiger partial charge in [-0.25, -0.2) is 0 Å². The summed E-state index contributed by atoms with van der Waals surface area (Å²) in [5.74, 6) is 5.43. The van der Waals surface area contributed by atoms with E-state index < -0.39 is 0 Å². The van der Waals surface area contributed by atoms with E-state index in [1.807, 2.05) is 25.3 Å². The molecule has 1 unspecified atom stereocenters. The summed E-state index contributed by atoms with van der Waals surface area (Å²) in [7, 11) is 0. The number of aromatic nitrogens is 1. The summed E-state index contributed by atoms with van der Waals surface area (Å²) in [6, 6.07) is 2.09. The number of hydrogen-bond donors (Lipinski definition) is 2. The molecule has 70 valence electrons. The van der Waals surface area contributed by atoms with Crippen LogP contribution >= 0.6 is 0 Å². The second-order valence-electron chi connectivity index (χ2n) is 2.98. The van der Waals surface area contributed by atoms with Gasteiger partial charge in [-0.3, -0.25) is 16.3 Å². The molecule has 0 bridgehead atoms. The third kappa shape index (κ3) is 2.37. The molecule has 0 aromatic carbocycles. The molecule has 0 radical (unpaired) electrons. The van der Waals surface area contributed by atoms with Crippen LogP contribution in [0, 0.1) is 6.92 Å². The van der Waals surface area contributed by atoms with E-state index in [2.05, 4.69) is 17.0 Å². The Morgan fingerprint density at radius 1 is 1.77 bits per heavy atom. The molecule has 3 nitrogen and oxygen atoms in total. The average Bonchev–Trinajstić information content (AvgIpc) is 2.16. The molecular formula is C10H15N3. The fraction of sp³-hybridized carbons (Fsp3) is 0.300. The summed E-state index contributed by atoms with van der Waals surface area (Å²) < 4.78 is 0. The second kappa shape index (κ2) is 4.74. The molecule has 3 heteroatoms. The quantitative estimate of drug-likeness (QED) is 0.416. The van der Waals surface area contributed by atoms with Crippen LogP contribution in [0.5, 0.6) is 0 Å². The van der Waals surface area contributed by atoms with E-state index in [0.29, 0.717) is 0 Å². The third-order valence-corrected chi connectivity index (χ3v) is 2.06. The topological polar surface area (TPSA) is 50.9 Å². The van der Waals surface area contributed by atoms with Crippen molar-refractivity contribution in [2.45, 2.75) is 19.4 Å². The lowest BCUT2D eigenvalue weighted by Gasteiger charge is -2.15. The molecule has 0 amide bonds. The van der Waals surface area contributed by atoms with E-state index >= 15 is 0 Å². The van der Waals surface area contributed by atoms with Crippen LogP contribution in [0.1, 0.15) is 23.6 Å². The number of pyridine rings is 1. The van der Waals surface area contributed by atoms with Crippen LogP contribution in [0.3, 0.4) is 0 Å². The van der Waals surface area contributed by atoms with Crippen LogP contribution in [0.2, 0.25) is 0 Å². The van der Waals surface area contributed by atoms with E-state index in [-0.39, 0.29) is 6.04 Å². The molecule has 0 aliphatic heterocycles. The van der Waals surface area contributed by atoms with Gasteiger partial charge in [0.15, 0.2) is 0 Å². The Kier molecular flexibility index (Phi) is 3.61. The van der Waals surface area contributed by atoms with Crippen LogP contribution in [0.15, 0.2) is 31.1 Å². The minimum atomic E-state index is 0.117. The summed E-state index contributed by atoms with van der Waals surface area (Å²) in [6.45, 7) is 5.73. The summed E-state index contributed by atoms with van der Waals surface area (Å²) in [5.41, 5.74) is 5.07. The molecular weight excluding hydrogens is 162 g/mol. The first kappa shape index (κ1) is 9.89. The molecule has 0 aliphatic rings. The molecule has 1 aromatic heterocycles. The molecule has 13 heavy (non-hydrogen) atoms. The van der Waals surface area contributed by atoms with Crippen molar-refractivity contribution in [1.29, 1.82) is 0 Å². The lowest BCUT2D eigenvalue weighted by molar-refractivity contribution is 0.557. The van der Waals surface area contributed by atoms with Gasteiger partial charge in [-0.05, 0) is 30.5 Å². The SMILES string of the molecule is C=CCC(NN)c1cnccc1C. The van der Waals surface area contributed by atoms with Crippen molar-refractivity contribution in [2.24, 2.45) is 5.84 Å². The first-order valence-electron chi connectivity index (χ1n) is 4.27. The predicted octanol–water partition coefficient (Wildman–Crippen LogP) is 1.47. The van der Waals surface area contributed by atoms with E-state index in [1.54, 1.807) is 6.20 Å². The lowest BCUT2D eigenvalue weighted by atomic mass is 10.0. The van der Waals surface area contributed by atoms with Crippen LogP contribution in [0.25, 0.3) is 0 Å². The Balaban J connectivity index is 2.90. The van der Waals surface area contributed by atoms with Gasteiger partial charge in [0, 0.05) is 12.4 Å². The van der Waals surface area contributed by atoms with Gasteiger partial charge in [0.25, 0.3) is 0 Å². The number of nitrogens with one attached hydrogen (secondary N) is 1. The van der Waals surface area contributed by atoms with Crippen molar-refractivity contribution < 1.29 is 0 Å². The third-order valence-electron chi connectivity index (χ3n) is 2.06. The number of hydrazine groups is 1. The maximum atomic E-state index is 5.43. The molecule has 0 aliphatic carbocycles. The lowest BCUT2D eigenvalue weighted by Crippen LogP contribution is -2.28. The van der Waals surface area contributed by atoms with E-state index in [4.69, 9.17) is 5.84 Å². The van der Waals surface area contributed by atoms with Gasteiger partial charge in [-0.2, -0.15) is 0 Å². The van der Waals surface area contributed by atoms with Crippen LogP contribution in [-0.4, -0.2) is 4.98 Å². The highest BCUT2D eigenvalue weighted by atomic mass is 15.2. The van der Waals surface area contributed by atoms with Gasteiger partial charge in [0.1, 0.15) is 0 Å². The Hall–Kier alpha value is -1.19. The van der Waals surface area contributed by atoms with Crippen LogP contribution in [0.4, 0.5) is 0 Å². The second-order valence-corrected chi connectivity index (χ2v) is 2.98. The van der Waals surface area contributed by atoms with Crippen molar-refractivity contribution in [1.82, 2.24) is 10.4 Å². The fourth-order valence-corrected chi connectivity index (χ4v) is 1.29. The highest BCUT2D eigenvalue weighted by molar-refractivity contribution is 5.25. The van der Waals surface area contributed by atoms with E-state index in [9.17, 15) is 0 Å². The molecule has 0 saturated heterocycles. The zero-order valence-corrected chi connectivity index (χ0v) is 7.83. The maximum Gasteiger partial charge on any atom is 0.0512 e. The molecule has 3 N–H and O–H groups in total. The Morgan fingerprint density at radius 3 is 3.08 bits per heavy atom. The number of aryl methyl sites for hydroxylation is 1. The van der Waals surface area contributed by atoms with Crippen molar-refractivity contribution in [3.8, 4) is 0 Å². The van der Waals surface area contributed by atoms with Gasteiger partial charge in [0.05, 0.1) is 6.04 Å². The highest BCUT2D eigenvalue weighted by Crippen LogP contribution is 2.18. The zero-order chi connectivity index (χ0) is 9.68. The molecule has 0 spiro atoms. The average molecular weight is 177 g/mol. The molecule has 1 atom stereocenters. The zero-order valence-electron chi connectivity index (χ0n) is 7.83. The number of rotatable bonds is 4. The van der Waals surface area contributed by atoms with E-state index in [1.165, 1.54) is 5.56 Å². The molecule has 0 fully saturated rings. The van der Waals surface area contributed by atoms with Crippen molar-refractivity contribution in [3.63, 3.8) is 0 Å². The van der Waals surface area contributed by atoms with Crippen molar-refractivity contribution in [3.05, 3.63) is 42.2 Å². The van der Waals surface area contributed by atoms with Gasteiger partial charge in [-0.1, -0.05) is 6.08 Å². The Labute approximate surface area is 78.6 Å². The molecule has 1 heterocycles. The summed E-state index contributed by atoms with van der Waals surface area (Å²) in [6.07, 6.45) is 6.27. The predicted molar refractivity (Wildman–Crippen MR) is 53.9 cm³/mol. The van der Waals surface area contributed by atoms with Crippen LogP contribution in [-0.2, 0) is 0 Å². The summed E-state index contributed by atoms with van der Waals surface area (Å²) in [5, 5.41) is 0. The number of hydrogen-bond acceptors (Lipinski definition) is 3. The molecule has 1 rings (SSSR count). The smallest absolute Gasteiger partial charge is 0.0512 e. The number of nitrogens with two attached hydrogens (primary N) is 1. The Bertz CT molecular complexity index is 283. The van der Waals surface area contributed by atoms with Crippen molar-refractivity contribution >= 4 is 0 Å². The number of nitrogens with zero attached hydrogens (tertiary/aromatic N) is 1. The maximum absolute atomic E-state index is 5.43. The molecule has 0 saturated carbocycles. The van der Waals surface area contributed by atoms with E-state index in [0.717, 1.165) is 12.0 Å². The standard InChI is InChI=1S/C10H15N3/c1-3-4-10(13-11)9-7-12-6-5-8(9)2/h3,5-7,10,13H,1,4,11H2,2H3. The fourth-order valence-electron chi connectivity index (χ4n) is 1.29. The summed E-state index contributed by atoms with van der Waals surface area (Å²) >= 11 is 0.